The second kappa shape index (κ2) is 13.2. The first-order chi connectivity index (χ1) is 17.0. The van der Waals surface area contributed by atoms with Gasteiger partial charge in [-0.15, -0.1) is 0 Å². The summed E-state index contributed by atoms with van der Waals surface area (Å²) >= 11 is 0. The van der Waals surface area contributed by atoms with Crippen LogP contribution < -0.4 is 16.4 Å². The van der Waals surface area contributed by atoms with Gasteiger partial charge in [-0.1, -0.05) is 52.7 Å². The molecule has 1 saturated heterocycles. The highest BCUT2D eigenvalue weighted by molar-refractivity contribution is 5.94. The second-order valence-electron chi connectivity index (χ2n) is 9.74. The zero-order valence-corrected chi connectivity index (χ0v) is 21.6. The number of nitrogens with two attached hydrogens (primary N) is 1. The quantitative estimate of drug-likeness (QED) is 0.287. The Labute approximate surface area is 212 Å². The molecular weight excluding hydrogens is 464 g/mol. The molecule has 0 spiro atoms. The summed E-state index contributed by atoms with van der Waals surface area (Å²) in [5, 5.41) is 24.5. The van der Waals surface area contributed by atoms with E-state index in [9.17, 15) is 29.4 Å². The normalized spacial score (nSPS) is 19.6. The van der Waals surface area contributed by atoms with Crippen LogP contribution in [0.3, 0.4) is 0 Å². The van der Waals surface area contributed by atoms with Crippen LogP contribution in [0.2, 0.25) is 0 Å². The Bertz CT molecular complexity index is 922. The van der Waals surface area contributed by atoms with E-state index in [1.807, 2.05) is 20.8 Å². The number of carbonyl (C=O) groups excluding carboxylic acids is 3. The van der Waals surface area contributed by atoms with Gasteiger partial charge in [-0.3, -0.25) is 14.4 Å². The van der Waals surface area contributed by atoms with Crippen LogP contribution in [-0.2, 0) is 25.6 Å². The molecule has 6 atom stereocenters. The molecular formula is C26H40N4O6. The average molecular weight is 505 g/mol. The van der Waals surface area contributed by atoms with Crippen molar-refractivity contribution < 1.29 is 29.4 Å². The number of benzene rings is 1. The number of carboxylic acid groups (broad SMARTS) is 1. The zero-order valence-electron chi connectivity index (χ0n) is 21.6. The number of aromatic hydroxyl groups is 1. The lowest BCUT2D eigenvalue weighted by molar-refractivity contribution is -0.146. The van der Waals surface area contributed by atoms with Crippen molar-refractivity contribution in [3.63, 3.8) is 0 Å². The van der Waals surface area contributed by atoms with Crippen LogP contribution in [0.15, 0.2) is 24.3 Å². The molecule has 6 N–H and O–H groups in total. The molecule has 1 aliphatic heterocycles. The maximum atomic E-state index is 13.7. The van der Waals surface area contributed by atoms with Crippen LogP contribution in [0, 0.1) is 11.8 Å². The molecule has 10 heteroatoms. The van der Waals surface area contributed by atoms with E-state index in [1.165, 1.54) is 17.0 Å². The van der Waals surface area contributed by atoms with E-state index in [0.717, 1.165) is 0 Å². The molecule has 0 radical (unpaired) electrons. The molecule has 3 amide bonds. The molecule has 1 aromatic rings. The average Bonchev–Trinajstić information content (AvgIpc) is 3.36. The van der Waals surface area contributed by atoms with E-state index in [0.29, 0.717) is 37.8 Å². The minimum Gasteiger partial charge on any atom is -0.508 e. The highest BCUT2D eigenvalue weighted by atomic mass is 16.4. The maximum Gasteiger partial charge on any atom is 0.326 e. The van der Waals surface area contributed by atoms with E-state index >= 15 is 0 Å². The van der Waals surface area contributed by atoms with Crippen LogP contribution in [0.1, 0.15) is 58.9 Å². The molecule has 1 aliphatic rings. The van der Waals surface area contributed by atoms with Crippen molar-refractivity contribution in [2.45, 2.75) is 84.0 Å². The molecule has 0 aromatic heterocycles. The van der Waals surface area contributed by atoms with Gasteiger partial charge in [0.25, 0.3) is 0 Å². The Morgan fingerprint density at radius 2 is 1.67 bits per heavy atom. The zero-order chi connectivity index (χ0) is 27.0. The minimum atomic E-state index is -1.12. The Balaban J connectivity index is 2.26. The van der Waals surface area contributed by atoms with Gasteiger partial charge in [0, 0.05) is 13.0 Å². The number of amides is 3. The van der Waals surface area contributed by atoms with Crippen LogP contribution in [0.4, 0.5) is 0 Å². The minimum absolute atomic E-state index is 0.0787. The highest BCUT2D eigenvalue weighted by Gasteiger charge is 2.40. The van der Waals surface area contributed by atoms with Gasteiger partial charge in [-0.05, 0) is 42.4 Å². The highest BCUT2D eigenvalue weighted by Crippen LogP contribution is 2.21. The van der Waals surface area contributed by atoms with Crippen molar-refractivity contribution in [2.75, 3.05) is 6.54 Å². The van der Waals surface area contributed by atoms with Gasteiger partial charge in [-0.25, -0.2) is 4.79 Å². The van der Waals surface area contributed by atoms with Gasteiger partial charge in [0.1, 0.15) is 23.9 Å². The number of likely N-dealkylation sites (tertiary alicyclic amines) is 1. The molecule has 1 heterocycles. The van der Waals surface area contributed by atoms with Crippen molar-refractivity contribution in [1.82, 2.24) is 15.5 Å². The SMILES string of the molecule is CCC(C)C(N)C(=O)NC(Cc1ccc(O)cc1)C(=O)N1CCCC1C(=O)NC(C(=O)O)C(C)CC. The number of nitrogens with zero attached hydrogens (tertiary/aromatic N) is 1. The number of phenolic OH excluding ortho intramolecular Hbond substituents is 1. The Morgan fingerprint density at radius 3 is 2.22 bits per heavy atom. The molecule has 200 valence electrons. The van der Waals surface area contributed by atoms with Gasteiger partial charge < -0.3 is 31.5 Å². The number of aliphatic carboxylic acids is 1. The Kier molecular flexibility index (Phi) is 10.7. The van der Waals surface area contributed by atoms with Crippen LogP contribution in [0.25, 0.3) is 0 Å². The van der Waals surface area contributed by atoms with Gasteiger partial charge >= 0.3 is 5.97 Å². The molecule has 0 bridgehead atoms. The second-order valence-corrected chi connectivity index (χ2v) is 9.74. The molecule has 6 unspecified atom stereocenters. The summed E-state index contributed by atoms with van der Waals surface area (Å²) in [6.45, 7) is 7.70. The van der Waals surface area contributed by atoms with Crippen LogP contribution in [0.5, 0.6) is 5.75 Å². The first-order valence-electron chi connectivity index (χ1n) is 12.7. The monoisotopic (exact) mass is 504 g/mol. The van der Waals surface area contributed by atoms with Crippen molar-refractivity contribution in [1.29, 1.82) is 0 Å². The van der Waals surface area contributed by atoms with Crippen LogP contribution >= 0.6 is 0 Å². The number of hydrogen-bond donors (Lipinski definition) is 5. The third-order valence-corrected chi connectivity index (χ3v) is 7.17. The predicted molar refractivity (Wildman–Crippen MR) is 135 cm³/mol. The number of phenols is 1. The van der Waals surface area contributed by atoms with Gasteiger partial charge in [0.15, 0.2) is 0 Å². The first-order valence-corrected chi connectivity index (χ1v) is 12.7. The number of carboxylic acids is 1. The number of nitrogens with one attached hydrogen (secondary N) is 2. The maximum absolute atomic E-state index is 13.7. The number of hydrogen-bond acceptors (Lipinski definition) is 6. The lowest BCUT2D eigenvalue weighted by Crippen LogP contribution is -2.58. The first kappa shape index (κ1) is 29.1. The van der Waals surface area contributed by atoms with Gasteiger partial charge in [0.05, 0.1) is 6.04 Å². The Hall–Kier alpha value is -3.14. The van der Waals surface area contributed by atoms with E-state index in [1.54, 1.807) is 19.1 Å². The summed E-state index contributed by atoms with van der Waals surface area (Å²) in [5.74, 6) is -2.81. The summed E-state index contributed by atoms with van der Waals surface area (Å²) in [6, 6.07) is 2.66. The molecule has 10 nitrogen and oxygen atoms in total. The van der Waals surface area contributed by atoms with Crippen molar-refractivity contribution in [3.8, 4) is 5.75 Å². The molecule has 1 aromatic carbocycles. The molecule has 1 fully saturated rings. The fraction of sp³-hybridized carbons (Fsp3) is 0.615. The number of rotatable bonds is 12. The van der Waals surface area contributed by atoms with E-state index in [2.05, 4.69) is 10.6 Å². The van der Waals surface area contributed by atoms with Crippen molar-refractivity contribution in [2.24, 2.45) is 17.6 Å². The molecule has 0 saturated carbocycles. The molecule has 2 rings (SSSR count). The standard InChI is InChI=1S/C26H40N4O6/c1-5-15(3)21(27)24(33)28-19(14-17-9-11-18(31)12-10-17)25(34)30-13-7-8-20(30)23(32)29-22(26(35)36)16(4)6-2/h9-12,15-16,19-22,31H,5-8,13-14,27H2,1-4H3,(H,28,33)(H,29,32)(H,35,36). The molecule has 0 aliphatic carbocycles. The third-order valence-electron chi connectivity index (χ3n) is 7.17. The predicted octanol–water partition coefficient (Wildman–Crippen LogP) is 1.40. The van der Waals surface area contributed by atoms with Crippen molar-refractivity contribution >= 4 is 23.7 Å². The Morgan fingerprint density at radius 1 is 1.06 bits per heavy atom. The molecule has 36 heavy (non-hydrogen) atoms. The van der Waals surface area contributed by atoms with E-state index < -0.39 is 47.9 Å². The van der Waals surface area contributed by atoms with E-state index in [4.69, 9.17) is 5.73 Å². The largest absolute Gasteiger partial charge is 0.508 e. The van der Waals surface area contributed by atoms with Gasteiger partial charge in [-0.2, -0.15) is 0 Å². The summed E-state index contributed by atoms with van der Waals surface area (Å²) < 4.78 is 0. The smallest absolute Gasteiger partial charge is 0.326 e. The van der Waals surface area contributed by atoms with Gasteiger partial charge in [0.2, 0.25) is 17.7 Å². The summed E-state index contributed by atoms with van der Waals surface area (Å²) in [6.07, 6.45) is 2.39. The topological polar surface area (TPSA) is 162 Å². The van der Waals surface area contributed by atoms with E-state index in [-0.39, 0.29) is 24.0 Å². The lowest BCUT2D eigenvalue weighted by atomic mass is 9.97. The number of carbonyl (C=O) groups is 4. The summed E-state index contributed by atoms with van der Waals surface area (Å²) in [7, 11) is 0. The summed E-state index contributed by atoms with van der Waals surface area (Å²) in [4.78, 5) is 52.7. The van der Waals surface area contributed by atoms with Crippen molar-refractivity contribution in [3.05, 3.63) is 29.8 Å². The lowest BCUT2D eigenvalue weighted by Gasteiger charge is -2.31. The fourth-order valence-electron chi connectivity index (χ4n) is 4.28. The third kappa shape index (κ3) is 7.43. The summed E-state index contributed by atoms with van der Waals surface area (Å²) in [5.41, 5.74) is 6.81. The fourth-order valence-corrected chi connectivity index (χ4v) is 4.28. The van der Waals surface area contributed by atoms with Crippen LogP contribution in [-0.4, -0.2) is 69.5 Å².